The van der Waals surface area contributed by atoms with Gasteiger partial charge in [0.1, 0.15) is 5.69 Å². The summed E-state index contributed by atoms with van der Waals surface area (Å²) < 4.78 is 1.79. The molecular formula is C14H17N5O2S. The van der Waals surface area contributed by atoms with Crippen molar-refractivity contribution < 1.29 is 9.59 Å². The predicted octanol–water partition coefficient (Wildman–Crippen LogP) is 1.13. The maximum atomic E-state index is 12.3. The van der Waals surface area contributed by atoms with E-state index in [0.717, 1.165) is 5.69 Å². The molecule has 0 atom stereocenters. The van der Waals surface area contributed by atoms with E-state index >= 15 is 0 Å². The fourth-order valence-electron chi connectivity index (χ4n) is 2.37. The third-order valence-electron chi connectivity index (χ3n) is 3.39. The summed E-state index contributed by atoms with van der Waals surface area (Å²) in [6, 6.07) is 1.81. The van der Waals surface area contributed by atoms with E-state index in [4.69, 9.17) is 0 Å². The van der Waals surface area contributed by atoms with Gasteiger partial charge in [-0.15, -0.1) is 11.3 Å². The molecule has 0 fully saturated rings. The number of fused-ring (bicyclic) bond motifs is 1. The van der Waals surface area contributed by atoms with Crippen molar-refractivity contribution in [1.29, 1.82) is 0 Å². The van der Waals surface area contributed by atoms with Gasteiger partial charge in [0.25, 0.3) is 11.8 Å². The number of amides is 2. The molecule has 0 aliphatic carbocycles. The third-order valence-corrected chi connectivity index (χ3v) is 3.98. The lowest BCUT2D eigenvalue weighted by atomic mass is 10.2. The van der Waals surface area contributed by atoms with Crippen LogP contribution in [0, 0.1) is 0 Å². The molecule has 0 saturated heterocycles. The van der Waals surface area contributed by atoms with E-state index in [-0.39, 0.29) is 17.9 Å². The number of carbonyl (C=O) groups is 2. The first kappa shape index (κ1) is 14.7. The molecule has 1 aliphatic heterocycles. The zero-order valence-electron chi connectivity index (χ0n) is 12.4. The Bertz CT molecular complexity index is 692. The molecule has 1 aliphatic rings. The van der Waals surface area contributed by atoms with Crippen molar-refractivity contribution in [2.75, 3.05) is 6.54 Å². The Labute approximate surface area is 132 Å². The first-order chi connectivity index (χ1) is 10.5. The van der Waals surface area contributed by atoms with Crippen LogP contribution in [0.4, 0.5) is 0 Å². The number of hydrogen-bond donors (Lipinski definition) is 1. The van der Waals surface area contributed by atoms with E-state index in [2.05, 4.69) is 15.4 Å². The lowest BCUT2D eigenvalue weighted by Crippen LogP contribution is -2.38. The number of carbonyl (C=O) groups excluding carboxylic acids is 2. The minimum Gasteiger partial charge on any atom is -0.348 e. The number of aromatic nitrogens is 3. The van der Waals surface area contributed by atoms with Gasteiger partial charge in [0.2, 0.25) is 0 Å². The van der Waals surface area contributed by atoms with Gasteiger partial charge >= 0.3 is 0 Å². The van der Waals surface area contributed by atoms with Crippen LogP contribution in [0.5, 0.6) is 0 Å². The van der Waals surface area contributed by atoms with Crippen LogP contribution in [0.2, 0.25) is 0 Å². The lowest BCUT2D eigenvalue weighted by Gasteiger charge is -2.26. The molecule has 3 rings (SSSR count). The molecule has 0 aromatic carbocycles. The highest BCUT2D eigenvalue weighted by Crippen LogP contribution is 2.16. The second-order valence-electron chi connectivity index (χ2n) is 5.47. The molecule has 3 heterocycles. The minimum absolute atomic E-state index is 0.0639. The molecule has 22 heavy (non-hydrogen) atoms. The molecule has 7 nitrogen and oxygen atoms in total. The largest absolute Gasteiger partial charge is 0.348 e. The minimum atomic E-state index is -0.186. The molecule has 0 bridgehead atoms. The number of nitrogens with one attached hydrogen (secondary N) is 1. The maximum absolute atomic E-state index is 12.3. The van der Waals surface area contributed by atoms with Gasteiger partial charge < -0.3 is 10.2 Å². The second-order valence-corrected chi connectivity index (χ2v) is 6.19. The highest BCUT2D eigenvalue weighted by molar-refractivity contribution is 7.07. The Kier molecular flexibility index (Phi) is 3.93. The van der Waals surface area contributed by atoms with E-state index in [1.165, 1.54) is 11.3 Å². The summed E-state index contributed by atoms with van der Waals surface area (Å²) in [5.74, 6) is -0.267. The predicted molar refractivity (Wildman–Crippen MR) is 81.7 cm³/mol. The fraction of sp³-hybridized carbons (Fsp3) is 0.429. The summed E-state index contributed by atoms with van der Waals surface area (Å²) >= 11 is 1.40. The number of thiazole rings is 1. The monoisotopic (exact) mass is 319 g/mol. The molecule has 0 unspecified atom stereocenters. The summed E-state index contributed by atoms with van der Waals surface area (Å²) in [4.78, 5) is 30.1. The van der Waals surface area contributed by atoms with Crippen LogP contribution < -0.4 is 5.32 Å². The van der Waals surface area contributed by atoms with Crippen molar-refractivity contribution in [3.8, 4) is 0 Å². The van der Waals surface area contributed by atoms with E-state index in [0.29, 0.717) is 31.0 Å². The highest BCUT2D eigenvalue weighted by atomic mass is 32.1. The van der Waals surface area contributed by atoms with Gasteiger partial charge in [-0.05, 0) is 19.9 Å². The molecule has 2 amide bonds. The Morgan fingerprint density at radius 3 is 2.82 bits per heavy atom. The van der Waals surface area contributed by atoms with Crippen LogP contribution in [0.25, 0.3) is 0 Å². The zero-order valence-corrected chi connectivity index (χ0v) is 13.3. The summed E-state index contributed by atoms with van der Waals surface area (Å²) in [5.41, 5.74) is 3.38. The number of rotatable bonds is 3. The zero-order chi connectivity index (χ0) is 15.7. The summed E-state index contributed by atoms with van der Waals surface area (Å²) in [6.07, 6.45) is 0. The van der Waals surface area contributed by atoms with Gasteiger partial charge in [-0.3, -0.25) is 14.3 Å². The van der Waals surface area contributed by atoms with Crippen LogP contribution in [0.15, 0.2) is 17.0 Å². The number of nitrogens with zero attached hydrogens (tertiary/aromatic N) is 4. The van der Waals surface area contributed by atoms with Crippen LogP contribution in [0.1, 0.15) is 40.5 Å². The van der Waals surface area contributed by atoms with Gasteiger partial charge in [0.05, 0.1) is 24.3 Å². The van der Waals surface area contributed by atoms with Gasteiger partial charge in [-0.2, -0.15) is 5.10 Å². The van der Waals surface area contributed by atoms with E-state index in [9.17, 15) is 9.59 Å². The van der Waals surface area contributed by atoms with E-state index in [1.54, 1.807) is 26.5 Å². The molecule has 1 N–H and O–H groups in total. The molecule has 116 valence electrons. The van der Waals surface area contributed by atoms with Crippen molar-refractivity contribution in [2.24, 2.45) is 0 Å². The average Bonchev–Trinajstić information content (AvgIpc) is 3.14. The van der Waals surface area contributed by atoms with Crippen molar-refractivity contribution in [3.63, 3.8) is 0 Å². The normalized spacial score (nSPS) is 14.0. The van der Waals surface area contributed by atoms with Gasteiger partial charge in [0, 0.05) is 18.0 Å². The summed E-state index contributed by atoms with van der Waals surface area (Å²) in [7, 11) is 0. The highest BCUT2D eigenvalue weighted by Gasteiger charge is 2.25. The summed E-state index contributed by atoms with van der Waals surface area (Å²) in [6.45, 7) is 5.40. The Morgan fingerprint density at radius 2 is 2.14 bits per heavy atom. The van der Waals surface area contributed by atoms with Gasteiger partial charge in [-0.25, -0.2) is 4.98 Å². The SMILES string of the molecule is CC(C)NC(=O)c1cc2n(n1)CCN(C(=O)c1cscn1)C2. The third kappa shape index (κ3) is 2.87. The molecule has 8 heteroatoms. The van der Waals surface area contributed by atoms with E-state index < -0.39 is 0 Å². The molecule has 0 saturated carbocycles. The molecule has 2 aromatic heterocycles. The standard InChI is InChI=1S/C14H17N5O2S/c1-9(2)16-13(20)11-5-10-6-18(3-4-19(10)17-11)14(21)12-7-22-8-15-12/h5,7-9H,3-4,6H2,1-2H3,(H,16,20). The first-order valence-corrected chi connectivity index (χ1v) is 8.04. The van der Waals surface area contributed by atoms with Crippen LogP contribution >= 0.6 is 11.3 Å². The van der Waals surface area contributed by atoms with Gasteiger partial charge in [0.15, 0.2) is 5.69 Å². The lowest BCUT2D eigenvalue weighted by molar-refractivity contribution is 0.0700. The molecule has 0 radical (unpaired) electrons. The molecule has 2 aromatic rings. The van der Waals surface area contributed by atoms with Crippen LogP contribution in [-0.4, -0.2) is 44.1 Å². The van der Waals surface area contributed by atoms with Crippen molar-refractivity contribution in [3.05, 3.63) is 34.0 Å². The summed E-state index contributed by atoms with van der Waals surface area (Å²) in [5, 5.41) is 8.88. The second kappa shape index (κ2) is 5.88. The Morgan fingerprint density at radius 1 is 1.32 bits per heavy atom. The Balaban J connectivity index is 1.75. The molecule has 0 spiro atoms. The van der Waals surface area contributed by atoms with Crippen LogP contribution in [0.3, 0.4) is 0 Å². The smallest absolute Gasteiger partial charge is 0.273 e. The maximum Gasteiger partial charge on any atom is 0.273 e. The first-order valence-electron chi connectivity index (χ1n) is 7.09. The van der Waals surface area contributed by atoms with Gasteiger partial charge in [-0.1, -0.05) is 0 Å². The average molecular weight is 319 g/mol. The number of hydrogen-bond acceptors (Lipinski definition) is 5. The fourth-order valence-corrected chi connectivity index (χ4v) is 2.89. The topological polar surface area (TPSA) is 80.1 Å². The molecular weight excluding hydrogens is 302 g/mol. The van der Waals surface area contributed by atoms with Crippen molar-refractivity contribution >= 4 is 23.2 Å². The van der Waals surface area contributed by atoms with Crippen molar-refractivity contribution in [1.82, 2.24) is 25.0 Å². The van der Waals surface area contributed by atoms with Crippen molar-refractivity contribution in [2.45, 2.75) is 33.0 Å². The van der Waals surface area contributed by atoms with Crippen LogP contribution in [-0.2, 0) is 13.1 Å². The van der Waals surface area contributed by atoms with E-state index in [1.807, 2.05) is 13.8 Å². The quantitative estimate of drug-likeness (QED) is 0.920. The Hall–Kier alpha value is -2.22.